The molecule has 0 saturated carbocycles. The Morgan fingerprint density at radius 2 is 1.80 bits per heavy atom. The summed E-state index contributed by atoms with van der Waals surface area (Å²) in [5.74, 6) is -1.14. The second-order valence-corrected chi connectivity index (χ2v) is 7.12. The SMILES string of the molecule is O=C1c2ccccc2C(=O)N1C(C1=NCN=N1)c1ccc(C2=CCOCC2)c(F)c1. The van der Waals surface area contributed by atoms with Gasteiger partial charge in [0.2, 0.25) is 0 Å². The van der Waals surface area contributed by atoms with E-state index in [0.717, 1.165) is 10.5 Å². The van der Waals surface area contributed by atoms with E-state index in [-0.39, 0.29) is 12.5 Å². The molecule has 150 valence electrons. The molecule has 0 saturated heterocycles. The lowest BCUT2D eigenvalue weighted by molar-refractivity contribution is 0.0623. The summed E-state index contributed by atoms with van der Waals surface area (Å²) in [5, 5.41) is 7.86. The average molecular weight is 404 g/mol. The van der Waals surface area contributed by atoms with Gasteiger partial charge in [0.25, 0.3) is 11.8 Å². The summed E-state index contributed by atoms with van der Waals surface area (Å²) < 4.78 is 20.4. The summed E-state index contributed by atoms with van der Waals surface area (Å²) in [7, 11) is 0. The zero-order chi connectivity index (χ0) is 20.7. The first kappa shape index (κ1) is 18.5. The Morgan fingerprint density at radius 1 is 1.03 bits per heavy atom. The van der Waals surface area contributed by atoms with E-state index in [4.69, 9.17) is 4.74 Å². The van der Waals surface area contributed by atoms with Crippen LogP contribution in [0.25, 0.3) is 5.57 Å². The van der Waals surface area contributed by atoms with Gasteiger partial charge in [0.1, 0.15) is 11.9 Å². The van der Waals surface area contributed by atoms with Crippen LogP contribution in [0.5, 0.6) is 0 Å². The van der Waals surface area contributed by atoms with Gasteiger partial charge in [0.05, 0.1) is 24.3 Å². The molecule has 2 aromatic carbocycles. The third-order valence-electron chi connectivity index (χ3n) is 5.42. The molecule has 8 heteroatoms. The van der Waals surface area contributed by atoms with Crippen LogP contribution < -0.4 is 0 Å². The van der Waals surface area contributed by atoms with Crippen LogP contribution >= 0.6 is 0 Å². The van der Waals surface area contributed by atoms with Crippen LogP contribution in [0.2, 0.25) is 0 Å². The number of hydrogen-bond donors (Lipinski definition) is 0. The van der Waals surface area contributed by atoms with Crippen LogP contribution in [0.1, 0.15) is 44.3 Å². The number of nitrogens with zero attached hydrogens (tertiary/aromatic N) is 4. The molecular formula is C22H17FN4O3. The fourth-order valence-electron chi connectivity index (χ4n) is 3.97. The third kappa shape index (κ3) is 2.96. The second kappa shape index (κ2) is 7.38. The van der Waals surface area contributed by atoms with Crippen molar-refractivity contribution < 1.29 is 18.7 Å². The quantitative estimate of drug-likeness (QED) is 0.727. The first-order valence-electron chi connectivity index (χ1n) is 9.60. The normalized spacial score (nSPS) is 19.0. The summed E-state index contributed by atoms with van der Waals surface area (Å²) in [6.07, 6.45) is 2.48. The number of azo groups is 1. The lowest BCUT2D eigenvalue weighted by atomic mass is 9.96. The maximum atomic E-state index is 15.1. The number of hydrogen-bond acceptors (Lipinski definition) is 6. The van der Waals surface area contributed by atoms with E-state index in [1.165, 1.54) is 6.07 Å². The molecule has 0 fully saturated rings. The van der Waals surface area contributed by atoms with Crippen molar-refractivity contribution in [3.05, 3.63) is 76.6 Å². The number of aliphatic imine (C=N–C) groups is 1. The first-order chi connectivity index (χ1) is 14.6. The number of fused-ring (bicyclic) bond motifs is 1. The van der Waals surface area contributed by atoms with Gasteiger partial charge in [-0.1, -0.05) is 30.3 Å². The maximum Gasteiger partial charge on any atom is 0.262 e. The Hall–Kier alpha value is -3.52. The predicted molar refractivity (Wildman–Crippen MR) is 107 cm³/mol. The van der Waals surface area contributed by atoms with E-state index >= 15 is 4.39 Å². The highest BCUT2D eigenvalue weighted by Gasteiger charge is 2.43. The highest BCUT2D eigenvalue weighted by atomic mass is 19.1. The van der Waals surface area contributed by atoms with Gasteiger partial charge in [0, 0.05) is 5.56 Å². The monoisotopic (exact) mass is 404 g/mol. The van der Waals surface area contributed by atoms with Crippen LogP contribution in [0, 0.1) is 5.82 Å². The molecule has 0 aromatic heterocycles. The van der Waals surface area contributed by atoms with Crippen molar-refractivity contribution in [3.8, 4) is 0 Å². The zero-order valence-corrected chi connectivity index (χ0v) is 15.9. The van der Waals surface area contributed by atoms with Gasteiger partial charge in [-0.3, -0.25) is 14.5 Å². The minimum absolute atomic E-state index is 0.114. The molecule has 2 aromatic rings. The largest absolute Gasteiger partial charge is 0.377 e. The van der Waals surface area contributed by atoms with Crippen molar-refractivity contribution in [2.75, 3.05) is 19.9 Å². The number of halogens is 1. The minimum atomic E-state index is -0.948. The highest BCUT2D eigenvalue weighted by Crippen LogP contribution is 2.35. The van der Waals surface area contributed by atoms with Crippen LogP contribution in [0.3, 0.4) is 0 Å². The minimum Gasteiger partial charge on any atom is -0.377 e. The lowest BCUT2D eigenvalue weighted by Crippen LogP contribution is -2.37. The molecule has 0 aliphatic carbocycles. The van der Waals surface area contributed by atoms with E-state index in [1.54, 1.807) is 36.4 Å². The van der Waals surface area contributed by atoms with Gasteiger partial charge < -0.3 is 4.74 Å². The van der Waals surface area contributed by atoms with Gasteiger partial charge >= 0.3 is 0 Å². The fourth-order valence-corrected chi connectivity index (χ4v) is 3.97. The Labute approximate surface area is 171 Å². The molecular weight excluding hydrogens is 387 g/mol. The van der Waals surface area contributed by atoms with Crippen LogP contribution in [0.4, 0.5) is 4.39 Å². The van der Waals surface area contributed by atoms with Gasteiger partial charge in [-0.25, -0.2) is 9.38 Å². The number of ether oxygens (including phenoxy) is 1. The molecule has 3 aliphatic heterocycles. The maximum absolute atomic E-state index is 15.1. The van der Waals surface area contributed by atoms with Gasteiger partial charge in [-0.15, -0.1) is 5.11 Å². The molecule has 2 amide bonds. The van der Waals surface area contributed by atoms with E-state index in [9.17, 15) is 9.59 Å². The highest BCUT2D eigenvalue weighted by molar-refractivity contribution is 6.23. The van der Waals surface area contributed by atoms with E-state index in [1.807, 2.05) is 6.08 Å². The number of amidine groups is 1. The van der Waals surface area contributed by atoms with E-state index in [2.05, 4.69) is 15.2 Å². The molecule has 0 bridgehead atoms. The third-order valence-corrected chi connectivity index (χ3v) is 5.42. The molecule has 5 rings (SSSR count). The molecule has 0 N–H and O–H groups in total. The fraction of sp³-hybridized carbons (Fsp3) is 0.227. The summed E-state index contributed by atoms with van der Waals surface area (Å²) in [6.45, 7) is 1.11. The zero-order valence-electron chi connectivity index (χ0n) is 15.9. The number of carbonyl (C=O) groups excluding carboxylic acids is 2. The van der Waals surface area contributed by atoms with Crippen molar-refractivity contribution in [1.29, 1.82) is 0 Å². The number of carbonyl (C=O) groups is 2. The van der Waals surface area contributed by atoms with Crippen molar-refractivity contribution >= 4 is 23.2 Å². The van der Waals surface area contributed by atoms with Crippen molar-refractivity contribution in [2.45, 2.75) is 12.5 Å². The Bertz CT molecular complexity index is 1120. The Kier molecular flexibility index (Phi) is 4.55. The van der Waals surface area contributed by atoms with Crippen LogP contribution in [-0.2, 0) is 4.74 Å². The standard InChI is InChI=1S/C22H17FN4O3/c23-18-11-14(5-6-15(18)13-7-9-30-10-8-13)19(20-24-12-25-26-20)27-21(28)16-3-1-2-4-17(16)22(27)29/h1-7,11,19H,8-10,12H2. The number of rotatable bonds is 4. The molecule has 7 nitrogen and oxygen atoms in total. The van der Waals surface area contributed by atoms with Crippen molar-refractivity contribution in [2.24, 2.45) is 15.2 Å². The topological polar surface area (TPSA) is 83.7 Å². The van der Waals surface area contributed by atoms with Gasteiger partial charge in [-0.05, 0) is 35.8 Å². The molecule has 1 unspecified atom stereocenters. The lowest BCUT2D eigenvalue weighted by Gasteiger charge is -2.25. The number of amides is 2. The van der Waals surface area contributed by atoms with Gasteiger partial charge in [0.15, 0.2) is 12.5 Å². The Morgan fingerprint density at radius 3 is 2.40 bits per heavy atom. The van der Waals surface area contributed by atoms with Crippen molar-refractivity contribution in [1.82, 2.24) is 4.90 Å². The first-order valence-corrected chi connectivity index (χ1v) is 9.60. The molecule has 3 heterocycles. The summed E-state index contributed by atoms with van der Waals surface area (Å²) in [6, 6.07) is 10.4. The summed E-state index contributed by atoms with van der Waals surface area (Å²) in [4.78, 5) is 31.4. The molecule has 0 spiro atoms. The number of imide groups is 1. The van der Waals surface area contributed by atoms with E-state index in [0.29, 0.717) is 41.9 Å². The average Bonchev–Trinajstić information content (AvgIpc) is 3.39. The molecule has 1 atom stereocenters. The van der Waals surface area contributed by atoms with Crippen LogP contribution in [-0.4, -0.2) is 42.4 Å². The predicted octanol–water partition coefficient (Wildman–Crippen LogP) is 3.79. The number of benzene rings is 2. The smallest absolute Gasteiger partial charge is 0.262 e. The second-order valence-electron chi connectivity index (χ2n) is 7.12. The Balaban J connectivity index is 1.58. The molecule has 0 radical (unpaired) electrons. The van der Waals surface area contributed by atoms with E-state index < -0.39 is 23.7 Å². The molecule has 3 aliphatic rings. The molecule has 30 heavy (non-hydrogen) atoms. The summed E-state index contributed by atoms with van der Waals surface area (Å²) in [5.41, 5.74) is 2.40. The van der Waals surface area contributed by atoms with Crippen LogP contribution in [0.15, 0.2) is 63.8 Å². The van der Waals surface area contributed by atoms with Gasteiger partial charge in [-0.2, -0.15) is 5.11 Å². The van der Waals surface area contributed by atoms with Crippen molar-refractivity contribution in [3.63, 3.8) is 0 Å². The summed E-state index contributed by atoms with van der Waals surface area (Å²) >= 11 is 0.